The fraction of sp³-hybridized carbons (Fsp3) is 0.867. The van der Waals surface area contributed by atoms with Gasteiger partial charge in [-0.05, 0) is 56.8 Å². The van der Waals surface area contributed by atoms with Crippen LogP contribution in [0, 0.1) is 17.8 Å². The normalized spacial score (nSPS) is 34.8. The van der Waals surface area contributed by atoms with E-state index in [4.69, 9.17) is 0 Å². The maximum absolute atomic E-state index is 12.9. The Labute approximate surface area is 108 Å². The number of allylic oxidation sites excluding steroid dienone is 2. The van der Waals surface area contributed by atoms with Gasteiger partial charge in [0.05, 0.1) is 0 Å². The number of alkyl halides is 3. The van der Waals surface area contributed by atoms with Crippen LogP contribution in [0.5, 0.6) is 0 Å². The summed E-state index contributed by atoms with van der Waals surface area (Å²) < 4.78 is 38.8. The van der Waals surface area contributed by atoms with Crippen LogP contribution in [-0.2, 0) is 0 Å². The van der Waals surface area contributed by atoms with Crippen LogP contribution in [0.25, 0.3) is 0 Å². The first-order valence-electron chi connectivity index (χ1n) is 7.13. The van der Waals surface area contributed by atoms with E-state index in [0.717, 1.165) is 25.2 Å². The Hall–Kier alpha value is -0.470. The lowest BCUT2D eigenvalue weighted by molar-refractivity contribution is -0.0985. The molecular formula is C15H23F3. The maximum Gasteiger partial charge on any atom is 0.412 e. The second kappa shape index (κ2) is 5.26. The molecule has 0 amide bonds. The lowest BCUT2D eigenvalue weighted by Gasteiger charge is -2.36. The van der Waals surface area contributed by atoms with Crippen LogP contribution in [0.1, 0.15) is 58.8 Å². The molecule has 1 unspecified atom stereocenters. The van der Waals surface area contributed by atoms with Crippen LogP contribution in [0.4, 0.5) is 13.2 Å². The topological polar surface area (TPSA) is 0 Å². The molecule has 2 aliphatic rings. The number of halogens is 3. The second-order valence-corrected chi connectivity index (χ2v) is 6.28. The van der Waals surface area contributed by atoms with E-state index in [2.05, 4.69) is 6.92 Å². The summed E-state index contributed by atoms with van der Waals surface area (Å²) in [5, 5.41) is 0. The molecule has 0 aliphatic heterocycles. The quantitative estimate of drug-likeness (QED) is 0.547. The Morgan fingerprint density at radius 3 is 2.11 bits per heavy atom. The van der Waals surface area contributed by atoms with Crippen molar-refractivity contribution in [2.24, 2.45) is 17.8 Å². The standard InChI is InChI=1S/C15H23F3/c1-10-3-6-12(7-4-10)13-8-5-11(2)14(9-13)15(16,17)18/h10,12-13H,3-9H2,1-2H3. The SMILES string of the molecule is CC1=C(C(F)(F)F)CC(C2CCC(C)CC2)CC1. The summed E-state index contributed by atoms with van der Waals surface area (Å²) >= 11 is 0. The molecule has 2 rings (SSSR count). The van der Waals surface area contributed by atoms with Crippen molar-refractivity contribution in [3.8, 4) is 0 Å². The molecule has 2 aliphatic carbocycles. The van der Waals surface area contributed by atoms with Gasteiger partial charge in [0.2, 0.25) is 0 Å². The molecule has 0 spiro atoms. The summed E-state index contributed by atoms with van der Waals surface area (Å²) in [5.41, 5.74) is 0.347. The summed E-state index contributed by atoms with van der Waals surface area (Å²) in [6.45, 7) is 3.91. The van der Waals surface area contributed by atoms with Crippen molar-refractivity contribution in [1.29, 1.82) is 0 Å². The molecule has 0 aromatic carbocycles. The molecular weight excluding hydrogens is 237 g/mol. The van der Waals surface area contributed by atoms with E-state index in [1.165, 1.54) is 12.8 Å². The van der Waals surface area contributed by atoms with E-state index in [1.807, 2.05) is 0 Å². The first-order chi connectivity index (χ1) is 8.38. The third kappa shape index (κ3) is 3.10. The van der Waals surface area contributed by atoms with Gasteiger partial charge >= 0.3 is 6.18 Å². The van der Waals surface area contributed by atoms with E-state index in [1.54, 1.807) is 6.92 Å². The molecule has 1 saturated carbocycles. The molecule has 1 fully saturated rings. The van der Waals surface area contributed by atoms with Crippen LogP contribution in [0.15, 0.2) is 11.1 Å². The summed E-state index contributed by atoms with van der Waals surface area (Å²) in [7, 11) is 0. The van der Waals surface area contributed by atoms with Crippen molar-refractivity contribution in [3.05, 3.63) is 11.1 Å². The third-order valence-corrected chi connectivity index (χ3v) is 4.94. The van der Waals surface area contributed by atoms with Crippen LogP contribution < -0.4 is 0 Å². The highest BCUT2D eigenvalue weighted by Crippen LogP contribution is 2.45. The van der Waals surface area contributed by atoms with Crippen molar-refractivity contribution >= 4 is 0 Å². The Bertz CT molecular complexity index is 319. The fourth-order valence-electron chi connectivity index (χ4n) is 3.61. The smallest absolute Gasteiger partial charge is 0.166 e. The fourth-order valence-corrected chi connectivity index (χ4v) is 3.61. The van der Waals surface area contributed by atoms with Gasteiger partial charge in [-0.2, -0.15) is 13.2 Å². The zero-order chi connectivity index (χ0) is 13.3. The van der Waals surface area contributed by atoms with E-state index in [-0.39, 0.29) is 17.9 Å². The predicted octanol–water partition coefficient (Wildman–Crippen LogP) is 5.49. The molecule has 3 heteroatoms. The first kappa shape index (κ1) is 14.0. The second-order valence-electron chi connectivity index (χ2n) is 6.28. The number of hydrogen-bond acceptors (Lipinski definition) is 0. The molecule has 0 nitrogen and oxygen atoms in total. The molecule has 0 bridgehead atoms. The van der Waals surface area contributed by atoms with Gasteiger partial charge in [0, 0.05) is 5.57 Å². The van der Waals surface area contributed by atoms with E-state index in [0.29, 0.717) is 17.9 Å². The van der Waals surface area contributed by atoms with Gasteiger partial charge in [-0.15, -0.1) is 0 Å². The molecule has 0 aromatic rings. The van der Waals surface area contributed by atoms with Gasteiger partial charge in [-0.1, -0.05) is 25.3 Å². The summed E-state index contributed by atoms with van der Waals surface area (Å²) in [4.78, 5) is 0. The average Bonchev–Trinajstić information content (AvgIpc) is 2.29. The van der Waals surface area contributed by atoms with Crippen molar-refractivity contribution in [1.82, 2.24) is 0 Å². The summed E-state index contributed by atoms with van der Waals surface area (Å²) in [6.07, 6.45) is 2.44. The minimum Gasteiger partial charge on any atom is -0.166 e. The molecule has 0 radical (unpaired) electrons. The average molecular weight is 260 g/mol. The lowest BCUT2D eigenvalue weighted by atomic mass is 9.70. The highest BCUT2D eigenvalue weighted by Gasteiger charge is 2.40. The van der Waals surface area contributed by atoms with E-state index in [9.17, 15) is 13.2 Å². The van der Waals surface area contributed by atoms with Gasteiger partial charge in [-0.25, -0.2) is 0 Å². The molecule has 0 saturated heterocycles. The van der Waals surface area contributed by atoms with Gasteiger partial charge in [0.15, 0.2) is 0 Å². The predicted molar refractivity (Wildman–Crippen MR) is 67.2 cm³/mol. The van der Waals surface area contributed by atoms with Crippen LogP contribution in [0.3, 0.4) is 0 Å². The Balaban J connectivity index is 2.02. The van der Waals surface area contributed by atoms with Gasteiger partial charge in [0.25, 0.3) is 0 Å². The summed E-state index contributed by atoms with van der Waals surface area (Å²) in [6, 6.07) is 0. The van der Waals surface area contributed by atoms with Crippen molar-refractivity contribution < 1.29 is 13.2 Å². The molecule has 1 atom stereocenters. The zero-order valence-corrected chi connectivity index (χ0v) is 11.3. The van der Waals surface area contributed by atoms with Gasteiger partial charge in [0.1, 0.15) is 0 Å². The van der Waals surface area contributed by atoms with E-state index < -0.39 is 6.18 Å². The van der Waals surface area contributed by atoms with Crippen LogP contribution >= 0.6 is 0 Å². The Morgan fingerprint density at radius 2 is 1.56 bits per heavy atom. The first-order valence-corrected chi connectivity index (χ1v) is 7.13. The maximum atomic E-state index is 12.9. The van der Waals surface area contributed by atoms with Crippen LogP contribution in [-0.4, -0.2) is 6.18 Å². The highest BCUT2D eigenvalue weighted by molar-refractivity contribution is 5.21. The number of rotatable bonds is 1. The van der Waals surface area contributed by atoms with Crippen molar-refractivity contribution in [2.45, 2.75) is 65.0 Å². The molecule has 104 valence electrons. The zero-order valence-electron chi connectivity index (χ0n) is 11.3. The molecule has 18 heavy (non-hydrogen) atoms. The molecule has 0 aromatic heterocycles. The molecule has 0 heterocycles. The Morgan fingerprint density at radius 1 is 0.944 bits per heavy atom. The largest absolute Gasteiger partial charge is 0.412 e. The Kier molecular flexibility index (Phi) is 4.08. The monoisotopic (exact) mass is 260 g/mol. The molecule has 0 N–H and O–H groups in total. The minimum absolute atomic E-state index is 0.225. The highest BCUT2D eigenvalue weighted by atomic mass is 19.4. The third-order valence-electron chi connectivity index (χ3n) is 4.94. The van der Waals surface area contributed by atoms with Crippen molar-refractivity contribution in [2.75, 3.05) is 0 Å². The van der Waals surface area contributed by atoms with Crippen LogP contribution in [0.2, 0.25) is 0 Å². The summed E-state index contributed by atoms with van der Waals surface area (Å²) in [5.74, 6) is 1.58. The van der Waals surface area contributed by atoms with Gasteiger partial charge in [-0.3, -0.25) is 0 Å². The minimum atomic E-state index is -4.11. The van der Waals surface area contributed by atoms with Gasteiger partial charge < -0.3 is 0 Å². The van der Waals surface area contributed by atoms with E-state index >= 15 is 0 Å². The van der Waals surface area contributed by atoms with Crippen molar-refractivity contribution in [3.63, 3.8) is 0 Å². The number of hydrogen-bond donors (Lipinski definition) is 0. The lowest BCUT2D eigenvalue weighted by Crippen LogP contribution is -2.27.